The fraction of sp³-hybridized carbons (Fsp3) is 0.250. The third-order valence-corrected chi connectivity index (χ3v) is 3.24. The summed E-state index contributed by atoms with van der Waals surface area (Å²) in [7, 11) is -3.00. The third kappa shape index (κ3) is 2.08. The first kappa shape index (κ1) is 9.14. The molecule has 0 radical (unpaired) electrons. The Morgan fingerprint density at radius 1 is 1.50 bits per heavy atom. The molecule has 1 unspecified atom stereocenters. The molecule has 5 nitrogen and oxygen atoms in total. The number of hydrogen-bond donors (Lipinski definition) is 1. The fourth-order valence-electron chi connectivity index (χ4n) is 1.23. The molecule has 0 amide bonds. The Kier molecular flexibility index (Phi) is 2.20. The van der Waals surface area contributed by atoms with Crippen LogP contribution in [0.15, 0.2) is 30.1 Å². The lowest BCUT2D eigenvalue weighted by atomic mass is 10.3. The maximum atomic E-state index is 11.1. The van der Waals surface area contributed by atoms with Gasteiger partial charge in [0, 0.05) is 11.6 Å². The van der Waals surface area contributed by atoms with Gasteiger partial charge in [-0.25, -0.2) is 18.4 Å². The van der Waals surface area contributed by atoms with Crippen molar-refractivity contribution in [2.45, 2.75) is 6.04 Å². The summed E-state index contributed by atoms with van der Waals surface area (Å²) in [5, 5.41) is 4.21. The van der Waals surface area contributed by atoms with Gasteiger partial charge in [0.15, 0.2) is 9.84 Å². The van der Waals surface area contributed by atoms with E-state index in [1.165, 1.54) is 11.7 Å². The Morgan fingerprint density at radius 2 is 2.36 bits per heavy atom. The molecule has 2 rings (SSSR count). The van der Waals surface area contributed by atoms with Gasteiger partial charge in [0.1, 0.15) is 12.1 Å². The maximum absolute atomic E-state index is 11.1. The molecule has 0 fully saturated rings. The van der Waals surface area contributed by atoms with Gasteiger partial charge in [-0.05, 0) is 12.1 Å². The van der Waals surface area contributed by atoms with Crippen LogP contribution in [0.1, 0.15) is 0 Å². The average Bonchev–Trinajstić information content (AvgIpc) is 2.47. The molecule has 0 aliphatic carbocycles. The van der Waals surface area contributed by atoms with Crippen LogP contribution in [0.25, 0.3) is 0 Å². The predicted octanol–water partition coefficient (Wildman–Crippen LogP) is 0.199. The quantitative estimate of drug-likeness (QED) is 0.756. The molecule has 0 aromatic carbocycles. The Bertz CT molecular complexity index is 441. The van der Waals surface area contributed by atoms with E-state index >= 15 is 0 Å². The molecule has 14 heavy (non-hydrogen) atoms. The molecule has 74 valence electrons. The van der Waals surface area contributed by atoms with E-state index in [4.69, 9.17) is 0 Å². The molecule has 2 heterocycles. The molecule has 1 aromatic rings. The summed E-state index contributed by atoms with van der Waals surface area (Å²) in [6, 6.07) is 1.51. The van der Waals surface area contributed by atoms with Gasteiger partial charge in [0.2, 0.25) is 0 Å². The van der Waals surface area contributed by atoms with Crippen LogP contribution < -0.4 is 5.32 Å². The van der Waals surface area contributed by atoms with E-state index in [0.717, 1.165) is 0 Å². The van der Waals surface area contributed by atoms with Crippen molar-refractivity contribution in [1.82, 2.24) is 9.97 Å². The van der Waals surface area contributed by atoms with Crippen molar-refractivity contribution < 1.29 is 8.42 Å². The van der Waals surface area contributed by atoms with E-state index in [1.807, 2.05) is 0 Å². The molecule has 0 saturated heterocycles. The van der Waals surface area contributed by atoms with Gasteiger partial charge >= 0.3 is 0 Å². The summed E-state index contributed by atoms with van der Waals surface area (Å²) in [4.78, 5) is 7.70. The molecule has 1 N–H and O–H groups in total. The van der Waals surface area contributed by atoms with Crippen molar-refractivity contribution in [1.29, 1.82) is 0 Å². The maximum Gasteiger partial charge on any atom is 0.173 e. The van der Waals surface area contributed by atoms with Crippen LogP contribution in [0, 0.1) is 0 Å². The Labute approximate surface area is 81.8 Å². The Balaban J connectivity index is 2.05. The first-order valence-electron chi connectivity index (χ1n) is 4.09. The number of aromatic nitrogens is 2. The number of hydrogen-bond acceptors (Lipinski definition) is 5. The van der Waals surface area contributed by atoms with Crippen molar-refractivity contribution >= 4 is 15.7 Å². The largest absolute Gasteiger partial charge is 0.363 e. The summed E-state index contributed by atoms with van der Waals surface area (Å²) < 4.78 is 22.1. The predicted molar refractivity (Wildman–Crippen MR) is 52.4 cm³/mol. The van der Waals surface area contributed by atoms with Gasteiger partial charge < -0.3 is 5.32 Å². The normalized spacial score (nSPS) is 23.6. The van der Waals surface area contributed by atoms with Gasteiger partial charge in [0.25, 0.3) is 0 Å². The monoisotopic (exact) mass is 211 g/mol. The number of anilines is 1. The lowest BCUT2D eigenvalue weighted by molar-refractivity contribution is 0.605. The van der Waals surface area contributed by atoms with Crippen LogP contribution in [-0.4, -0.2) is 30.2 Å². The highest BCUT2D eigenvalue weighted by atomic mass is 32.2. The summed E-state index contributed by atoms with van der Waals surface area (Å²) in [5.74, 6) is 0.725. The molecule has 1 aliphatic heterocycles. The highest BCUT2D eigenvalue weighted by molar-refractivity contribution is 7.94. The van der Waals surface area contributed by atoms with E-state index < -0.39 is 9.84 Å². The molecule has 1 aliphatic rings. The SMILES string of the molecule is O=S1(=O)C=CC(Nc2ccncn2)C1. The van der Waals surface area contributed by atoms with Crippen LogP contribution in [0.2, 0.25) is 0 Å². The summed E-state index contributed by atoms with van der Waals surface area (Å²) in [6.07, 6.45) is 4.63. The van der Waals surface area contributed by atoms with Crippen molar-refractivity contribution in [2.24, 2.45) is 0 Å². The zero-order chi connectivity index (χ0) is 10.0. The third-order valence-electron chi connectivity index (χ3n) is 1.85. The number of sulfone groups is 1. The van der Waals surface area contributed by atoms with E-state index in [1.54, 1.807) is 18.3 Å². The number of nitrogens with one attached hydrogen (secondary N) is 1. The van der Waals surface area contributed by atoms with Gasteiger partial charge in [-0.1, -0.05) is 0 Å². The van der Waals surface area contributed by atoms with Crippen LogP contribution in [0.3, 0.4) is 0 Å². The second-order valence-corrected chi connectivity index (χ2v) is 4.93. The number of nitrogens with zero attached hydrogens (tertiary/aromatic N) is 2. The second-order valence-electron chi connectivity index (χ2n) is 3.00. The minimum atomic E-state index is -3.00. The van der Waals surface area contributed by atoms with Crippen LogP contribution in [-0.2, 0) is 9.84 Å². The molecule has 1 aromatic heterocycles. The second kappa shape index (κ2) is 3.38. The summed E-state index contributed by atoms with van der Waals surface area (Å²) in [5.41, 5.74) is 0. The van der Waals surface area contributed by atoms with Crippen molar-refractivity contribution in [2.75, 3.05) is 11.1 Å². The van der Waals surface area contributed by atoms with Crippen LogP contribution in [0.4, 0.5) is 5.82 Å². The highest BCUT2D eigenvalue weighted by Gasteiger charge is 2.21. The average molecular weight is 211 g/mol. The highest BCUT2D eigenvalue weighted by Crippen LogP contribution is 2.12. The van der Waals surface area contributed by atoms with E-state index in [2.05, 4.69) is 15.3 Å². The van der Waals surface area contributed by atoms with E-state index in [-0.39, 0.29) is 11.8 Å². The molecule has 0 saturated carbocycles. The molecule has 0 bridgehead atoms. The van der Waals surface area contributed by atoms with Gasteiger partial charge in [0.05, 0.1) is 11.8 Å². The van der Waals surface area contributed by atoms with Crippen LogP contribution in [0.5, 0.6) is 0 Å². The molecular weight excluding hydrogens is 202 g/mol. The standard InChI is InChI=1S/C8H9N3O2S/c12-14(13)4-2-7(5-14)11-8-1-3-9-6-10-8/h1-4,6-7H,5H2,(H,9,10,11). The first-order valence-corrected chi connectivity index (χ1v) is 5.81. The minimum absolute atomic E-state index is 0.0942. The zero-order valence-electron chi connectivity index (χ0n) is 7.29. The van der Waals surface area contributed by atoms with Crippen molar-refractivity contribution in [3.8, 4) is 0 Å². The van der Waals surface area contributed by atoms with Gasteiger partial charge in [-0.2, -0.15) is 0 Å². The first-order chi connectivity index (χ1) is 6.66. The lowest BCUT2D eigenvalue weighted by Gasteiger charge is -2.09. The van der Waals surface area contributed by atoms with Crippen molar-refractivity contribution in [3.63, 3.8) is 0 Å². The van der Waals surface area contributed by atoms with E-state index in [0.29, 0.717) is 5.82 Å². The summed E-state index contributed by atoms with van der Waals surface area (Å²) >= 11 is 0. The fourth-order valence-corrected chi connectivity index (χ4v) is 2.47. The van der Waals surface area contributed by atoms with Crippen LogP contribution >= 0.6 is 0 Å². The zero-order valence-corrected chi connectivity index (χ0v) is 8.11. The number of rotatable bonds is 2. The Morgan fingerprint density at radius 3 is 2.93 bits per heavy atom. The topological polar surface area (TPSA) is 72.0 Å². The molecule has 6 heteroatoms. The van der Waals surface area contributed by atoms with Gasteiger partial charge in [-0.3, -0.25) is 0 Å². The molecular formula is C8H9N3O2S. The lowest BCUT2D eigenvalue weighted by Crippen LogP contribution is -2.21. The molecule has 0 spiro atoms. The van der Waals surface area contributed by atoms with Crippen molar-refractivity contribution in [3.05, 3.63) is 30.1 Å². The smallest absolute Gasteiger partial charge is 0.173 e. The van der Waals surface area contributed by atoms with E-state index in [9.17, 15) is 8.42 Å². The minimum Gasteiger partial charge on any atom is -0.363 e. The van der Waals surface area contributed by atoms with Gasteiger partial charge in [-0.15, -0.1) is 0 Å². The molecule has 1 atom stereocenters. The Hall–Kier alpha value is -1.43. The summed E-state index contributed by atoms with van der Waals surface area (Å²) in [6.45, 7) is 0.